The van der Waals surface area contributed by atoms with E-state index in [1.807, 2.05) is 6.21 Å². The third kappa shape index (κ3) is 3.37. The number of aryl methyl sites for hydroxylation is 2. The molecule has 0 saturated carbocycles. The van der Waals surface area contributed by atoms with Crippen LogP contribution in [0.15, 0.2) is 11.3 Å². The Bertz CT molecular complexity index is 615. The number of guanidine groups is 1. The average molecular weight is 288 g/mol. The number of hydrogen-bond acceptors (Lipinski definition) is 3. The summed E-state index contributed by atoms with van der Waals surface area (Å²) in [6.07, 6.45) is 4.00. The van der Waals surface area contributed by atoms with Gasteiger partial charge in [-0.25, -0.2) is 9.98 Å². The fourth-order valence-electron chi connectivity index (χ4n) is 2.56. The number of nitrogens with one attached hydrogen (secondary N) is 2. The van der Waals surface area contributed by atoms with Gasteiger partial charge >= 0.3 is 5.96 Å². The Morgan fingerprint density at radius 1 is 1.29 bits per heavy atom. The minimum Gasteiger partial charge on any atom is -0.269 e. The summed E-state index contributed by atoms with van der Waals surface area (Å²) in [5, 5.41) is 11.3. The van der Waals surface area contributed by atoms with Gasteiger partial charge in [0.1, 0.15) is 0 Å². The van der Waals surface area contributed by atoms with Gasteiger partial charge in [0, 0.05) is 23.4 Å². The first-order valence-electron chi connectivity index (χ1n) is 7.71. The Morgan fingerprint density at radius 3 is 2.71 bits per heavy atom. The van der Waals surface area contributed by atoms with Crippen molar-refractivity contribution in [1.29, 1.82) is 0 Å². The summed E-state index contributed by atoms with van der Waals surface area (Å²) in [7, 11) is 0. The summed E-state index contributed by atoms with van der Waals surface area (Å²) in [5.41, 5.74) is 6.02. The highest BCUT2D eigenvalue weighted by atomic mass is 15.3. The number of nitrogens with zero attached hydrogens (tertiary/aromatic N) is 3. The molecule has 1 aliphatic rings. The Morgan fingerprint density at radius 2 is 2.05 bits per heavy atom. The zero-order chi connectivity index (χ0) is 15.4. The molecule has 0 spiro atoms. The van der Waals surface area contributed by atoms with Gasteiger partial charge in [-0.05, 0) is 33.6 Å². The molecule has 0 aliphatic carbocycles. The van der Waals surface area contributed by atoms with Crippen molar-refractivity contribution in [2.75, 3.05) is 0 Å². The molecule has 0 aromatic carbocycles. The lowest BCUT2D eigenvalue weighted by Gasteiger charge is -2.09. The van der Waals surface area contributed by atoms with Gasteiger partial charge in [-0.2, -0.15) is 5.10 Å². The maximum absolute atomic E-state index is 4.61. The third-order valence-electron chi connectivity index (χ3n) is 3.89. The lowest BCUT2D eigenvalue weighted by molar-refractivity contribution is 0.582. The molecule has 21 heavy (non-hydrogen) atoms. The smallest absolute Gasteiger partial charge is 0.269 e. The second kappa shape index (κ2) is 6.64. The highest BCUT2D eigenvalue weighted by molar-refractivity contribution is 5.91. The van der Waals surface area contributed by atoms with Gasteiger partial charge in [0.05, 0.1) is 17.9 Å². The number of hydrogen-bond donors (Lipinski definition) is 2. The molecule has 0 unspecified atom stereocenters. The van der Waals surface area contributed by atoms with Crippen LogP contribution in [0.5, 0.6) is 0 Å². The maximum atomic E-state index is 4.61. The summed E-state index contributed by atoms with van der Waals surface area (Å²) in [6.45, 7) is 12.3. The minimum absolute atomic E-state index is 0.747. The average Bonchev–Trinajstić information content (AvgIpc) is 2.73. The molecule has 2 N–H and O–H groups in total. The van der Waals surface area contributed by atoms with Gasteiger partial charge in [-0.1, -0.05) is 13.8 Å². The van der Waals surface area contributed by atoms with E-state index in [2.05, 4.69) is 59.7 Å². The van der Waals surface area contributed by atoms with Crippen molar-refractivity contribution in [1.82, 2.24) is 25.1 Å². The Hall–Kier alpha value is -2.00. The van der Waals surface area contributed by atoms with Gasteiger partial charge in [-0.3, -0.25) is 10.00 Å². The third-order valence-corrected chi connectivity index (χ3v) is 3.89. The van der Waals surface area contributed by atoms with Crippen LogP contribution in [-0.2, 0) is 13.1 Å². The van der Waals surface area contributed by atoms with Crippen LogP contribution in [0.1, 0.15) is 50.6 Å². The number of rotatable bonds is 5. The van der Waals surface area contributed by atoms with Crippen LogP contribution in [-0.4, -0.2) is 22.0 Å². The van der Waals surface area contributed by atoms with Gasteiger partial charge in [0.2, 0.25) is 0 Å². The predicted octanol–water partition coefficient (Wildman–Crippen LogP) is 1.78. The van der Waals surface area contributed by atoms with E-state index in [0.717, 1.165) is 37.6 Å². The monoisotopic (exact) mass is 288 g/mol. The lowest BCUT2D eigenvalue weighted by Crippen LogP contribution is -2.40. The normalized spacial score (nSPS) is 14.2. The van der Waals surface area contributed by atoms with E-state index in [1.165, 1.54) is 22.5 Å². The summed E-state index contributed by atoms with van der Waals surface area (Å²) in [6, 6.07) is 0. The molecule has 0 radical (unpaired) electrons. The molecule has 0 saturated heterocycles. The Balaban J connectivity index is 2.07. The molecule has 0 atom stereocenters. The van der Waals surface area contributed by atoms with Crippen LogP contribution < -0.4 is 15.3 Å². The fraction of sp³-hybridized carbons (Fsp3) is 0.562. The highest BCUT2D eigenvalue weighted by Gasteiger charge is 2.18. The molecule has 0 fully saturated rings. The van der Waals surface area contributed by atoms with Crippen LogP contribution in [0.3, 0.4) is 0 Å². The molecule has 5 nitrogen and oxygen atoms in total. The second-order valence-electron chi connectivity index (χ2n) is 5.47. The van der Waals surface area contributed by atoms with E-state index < -0.39 is 0 Å². The van der Waals surface area contributed by atoms with Crippen molar-refractivity contribution >= 4 is 12.2 Å². The van der Waals surface area contributed by atoms with Crippen molar-refractivity contribution in [3.63, 3.8) is 0 Å². The van der Waals surface area contributed by atoms with Crippen LogP contribution in [0.4, 0.5) is 0 Å². The van der Waals surface area contributed by atoms with Gasteiger partial charge in [0.25, 0.3) is 0 Å². The van der Waals surface area contributed by atoms with E-state index in [1.54, 1.807) is 0 Å². The van der Waals surface area contributed by atoms with Crippen LogP contribution >= 0.6 is 0 Å². The number of allylic oxidation sites excluding steroid dienone is 2. The van der Waals surface area contributed by atoms with E-state index in [-0.39, 0.29) is 0 Å². The van der Waals surface area contributed by atoms with E-state index in [0.29, 0.717) is 0 Å². The zero-order valence-electron chi connectivity index (χ0n) is 13.7. The zero-order valence-corrected chi connectivity index (χ0v) is 13.7. The predicted molar refractivity (Wildman–Crippen MR) is 88.2 cm³/mol. The lowest BCUT2D eigenvalue weighted by atomic mass is 10.2. The maximum Gasteiger partial charge on any atom is 0.443 e. The molecule has 2 rings (SSSR count). The van der Waals surface area contributed by atoms with Gasteiger partial charge in [0.15, 0.2) is 6.21 Å². The van der Waals surface area contributed by atoms with E-state index in [9.17, 15) is 0 Å². The molecule has 5 heteroatoms. The first-order chi connectivity index (χ1) is 10.1. The molecule has 1 aliphatic heterocycles. The van der Waals surface area contributed by atoms with Crippen molar-refractivity contribution in [2.45, 2.75) is 60.5 Å². The first kappa shape index (κ1) is 15.4. The molecule has 0 bridgehead atoms. The van der Waals surface area contributed by atoms with Crippen LogP contribution in [0.2, 0.25) is 0 Å². The quantitative estimate of drug-likeness (QED) is 0.812. The van der Waals surface area contributed by atoms with Gasteiger partial charge < -0.3 is 0 Å². The summed E-state index contributed by atoms with van der Waals surface area (Å²) < 4.78 is 6.50. The molecule has 1 aromatic rings. The summed E-state index contributed by atoms with van der Waals surface area (Å²) >= 11 is 0. The largest absolute Gasteiger partial charge is 0.443 e. The topological polar surface area (TPSA) is 56.0 Å². The Kier molecular flexibility index (Phi) is 4.86. The SMILES string of the molecule is CCCn1nc(C)c(CNC2=[N+]=CC(C)=C(CC)N2)c1C. The fourth-order valence-corrected chi connectivity index (χ4v) is 2.56. The highest BCUT2D eigenvalue weighted by Crippen LogP contribution is 2.13. The van der Waals surface area contributed by atoms with Crippen molar-refractivity contribution in [3.05, 3.63) is 28.2 Å². The standard InChI is InChI=1S/C16H25N5/c1-6-8-21-13(5)14(12(4)20-21)10-18-16-17-9-11(3)15(7-2)19-16/h9H,6-8,10H2,1-5H3,(H,17,18,19)/p+1. The molecule has 1 aromatic heterocycles. The minimum atomic E-state index is 0.747. The molecule has 114 valence electrons. The first-order valence-corrected chi connectivity index (χ1v) is 7.71. The number of aromatic nitrogens is 2. The van der Waals surface area contributed by atoms with E-state index in [4.69, 9.17) is 0 Å². The summed E-state index contributed by atoms with van der Waals surface area (Å²) in [5.74, 6) is 0.819. The van der Waals surface area contributed by atoms with Crippen LogP contribution in [0, 0.1) is 13.8 Å². The van der Waals surface area contributed by atoms with Gasteiger partial charge in [-0.15, -0.1) is 0 Å². The Labute approximate surface area is 126 Å². The molecular formula is C16H26N5+. The van der Waals surface area contributed by atoms with Crippen LogP contribution in [0.25, 0.3) is 0 Å². The molecular weight excluding hydrogens is 262 g/mol. The molecule has 2 heterocycles. The van der Waals surface area contributed by atoms with E-state index >= 15 is 0 Å². The van der Waals surface area contributed by atoms with Crippen molar-refractivity contribution in [3.8, 4) is 0 Å². The molecule has 0 amide bonds. The second-order valence-corrected chi connectivity index (χ2v) is 5.47. The summed E-state index contributed by atoms with van der Waals surface area (Å²) in [4.78, 5) is 0. The van der Waals surface area contributed by atoms with Crippen molar-refractivity contribution in [2.24, 2.45) is 0 Å². The van der Waals surface area contributed by atoms with Crippen molar-refractivity contribution < 1.29 is 0 Å².